The molecule has 3 N–H and O–H groups in total. The summed E-state index contributed by atoms with van der Waals surface area (Å²) in [5, 5.41) is 22.3. The summed E-state index contributed by atoms with van der Waals surface area (Å²) in [5.41, 5.74) is 4.31. The van der Waals surface area contributed by atoms with Gasteiger partial charge in [0.2, 0.25) is 0 Å². The van der Waals surface area contributed by atoms with Crippen LogP contribution in [0.25, 0.3) is 0 Å². The molecule has 0 bridgehead atoms. The highest BCUT2D eigenvalue weighted by atomic mass is 16.7. The van der Waals surface area contributed by atoms with E-state index < -0.39 is 6.29 Å². The van der Waals surface area contributed by atoms with Gasteiger partial charge in [-0.1, -0.05) is 48.5 Å². The van der Waals surface area contributed by atoms with E-state index >= 15 is 0 Å². The van der Waals surface area contributed by atoms with Crippen molar-refractivity contribution in [1.29, 1.82) is 0 Å². The molecule has 2 saturated heterocycles. The molecular weight excluding hydrogens is 470 g/mol. The lowest BCUT2D eigenvalue weighted by molar-refractivity contribution is -0.252. The predicted molar refractivity (Wildman–Crippen MR) is 137 cm³/mol. The average molecular weight is 504 g/mol. The monoisotopic (exact) mass is 503 g/mol. The summed E-state index contributed by atoms with van der Waals surface area (Å²) in [7, 11) is 0. The minimum atomic E-state index is -0.534. The van der Waals surface area contributed by atoms with E-state index in [4.69, 9.17) is 9.47 Å². The van der Waals surface area contributed by atoms with Gasteiger partial charge in [0.15, 0.2) is 6.29 Å². The van der Waals surface area contributed by atoms with Crippen molar-refractivity contribution >= 4 is 5.91 Å². The van der Waals surface area contributed by atoms with E-state index in [-0.39, 0.29) is 30.8 Å². The molecule has 1 aromatic heterocycles. The Balaban J connectivity index is 1.26. The van der Waals surface area contributed by atoms with Gasteiger partial charge >= 0.3 is 0 Å². The molecule has 2 aliphatic rings. The van der Waals surface area contributed by atoms with Crippen LogP contribution in [0.2, 0.25) is 0 Å². The first-order chi connectivity index (χ1) is 18.1. The Morgan fingerprint density at radius 1 is 1.03 bits per heavy atom. The fourth-order valence-electron chi connectivity index (χ4n) is 4.87. The molecular formula is C29H33N3O5. The first kappa shape index (κ1) is 25.5. The number of carbonyl (C=O) groups excluding carboxylic acids is 1. The number of hydrogen-bond acceptors (Lipinski definition) is 7. The predicted octanol–water partition coefficient (Wildman–Crippen LogP) is 3.12. The number of β-amino-alcohol motifs (C(OH)–C–C–N with tert-alkyl or cyclic N) is 1. The Bertz CT molecular complexity index is 1160. The molecule has 8 heteroatoms. The molecule has 0 saturated carbocycles. The molecule has 2 fully saturated rings. The van der Waals surface area contributed by atoms with E-state index in [1.165, 1.54) is 0 Å². The van der Waals surface area contributed by atoms with Crippen molar-refractivity contribution in [3.8, 4) is 0 Å². The first-order valence-corrected chi connectivity index (χ1v) is 12.8. The van der Waals surface area contributed by atoms with E-state index in [1.807, 2.05) is 48.5 Å². The lowest BCUT2D eigenvalue weighted by Gasteiger charge is -2.37. The number of aliphatic hydroxyl groups excluding tert-OH is 2. The number of rotatable bonds is 8. The molecule has 2 aromatic carbocycles. The quantitative estimate of drug-likeness (QED) is 0.434. The van der Waals surface area contributed by atoms with E-state index in [9.17, 15) is 15.0 Å². The van der Waals surface area contributed by atoms with Crippen molar-refractivity contribution in [2.75, 3.05) is 19.6 Å². The maximum absolute atomic E-state index is 12.3. The number of benzene rings is 2. The SMILES string of the molecule is O=C(NCc1ccc([C@@H]2O[C@H](CN3CC[C@H](O)C3)C[C@H](c3ccc(CO)cc3)O2)cc1)c1cccnc1. The van der Waals surface area contributed by atoms with Gasteiger partial charge in [0, 0.05) is 50.6 Å². The molecule has 37 heavy (non-hydrogen) atoms. The second-order valence-electron chi connectivity index (χ2n) is 9.72. The van der Waals surface area contributed by atoms with Gasteiger partial charge in [0.05, 0.1) is 30.5 Å². The third kappa shape index (κ3) is 6.60. The molecule has 3 aromatic rings. The Morgan fingerprint density at radius 2 is 1.78 bits per heavy atom. The van der Waals surface area contributed by atoms with Gasteiger partial charge in [0.25, 0.3) is 5.91 Å². The molecule has 194 valence electrons. The normalized spacial score (nSPS) is 24.2. The lowest BCUT2D eigenvalue weighted by Crippen LogP contribution is -2.38. The molecule has 8 nitrogen and oxygen atoms in total. The summed E-state index contributed by atoms with van der Waals surface area (Å²) in [6, 6.07) is 19.2. The number of carbonyl (C=O) groups is 1. The highest BCUT2D eigenvalue weighted by molar-refractivity contribution is 5.93. The Labute approximate surface area is 216 Å². The molecule has 1 amide bonds. The Kier molecular flexibility index (Phi) is 8.23. The summed E-state index contributed by atoms with van der Waals surface area (Å²) < 4.78 is 12.8. The first-order valence-electron chi connectivity index (χ1n) is 12.8. The molecule has 5 rings (SSSR count). The van der Waals surface area contributed by atoms with E-state index in [0.29, 0.717) is 25.1 Å². The van der Waals surface area contributed by atoms with Crippen molar-refractivity contribution < 1.29 is 24.5 Å². The maximum Gasteiger partial charge on any atom is 0.253 e. The summed E-state index contributed by atoms with van der Waals surface area (Å²) in [6.45, 7) is 2.68. The highest BCUT2D eigenvalue weighted by Gasteiger charge is 2.34. The van der Waals surface area contributed by atoms with Crippen LogP contribution in [0.15, 0.2) is 73.1 Å². The van der Waals surface area contributed by atoms with Gasteiger partial charge in [-0.25, -0.2) is 0 Å². The number of ether oxygens (including phenoxy) is 2. The number of aromatic nitrogens is 1. The number of amides is 1. The van der Waals surface area contributed by atoms with E-state index in [1.54, 1.807) is 24.5 Å². The third-order valence-corrected chi connectivity index (χ3v) is 6.95. The number of aliphatic hydroxyl groups is 2. The Morgan fingerprint density at radius 3 is 2.46 bits per heavy atom. The van der Waals surface area contributed by atoms with Gasteiger partial charge in [-0.3, -0.25) is 14.7 Å². The minimum Gasteiger partial charge on any atom is -0.392 e. The number of pyridine rings is 1. The number of nitrogens with one attached hydrogen (secondary N) is 1. The number of nitrogens with zero attached hydrogens (tertiary/aromatic N) is 2. The zero-order valence-corrected chi connectivity index (χ0v) is 20.7. The smallest absolute Gasteiger partial charge is 0.253 e. The summed E-state index contributed by atoms with van der Waals surface area (Å²) in [4.78, 5) is 18.6. The molecule has 0 aliphatic carbocycles. The maximum atomic E-state index is 12.3. The van der Waals surface area contributed by atoms with E-state index in [2.05, 4.69) is 15.2 Å². The van der Waals surface area contributed by atoms with Crippen molar-refractivity contribution in [2.24, 2.45) is 0 Å². The molecule has 0 radical (unpaired) electrons. The fourth-order valence-corrected chi connectivity index (χ4v) is 4.87. The van der Waals surface area contributed by atoms with Crippen LogP contribution in [-0.2, 0) is 22.6 Å². The molecule has 4 atom stereocenters. The average Bonchev–Trinajstić information content (AvgIpc) is 3.36. The van der Waals surface area contributed by atoms with Gasteiger partial charge in [-0.05, 0) is 35.2 Å². The van der Waals surface area contributed by atoms with Crippen molar-refractivity contribution in [3.05, 3.63) is 101 Å². The molecule has 3 heterocycles. The molecule has 2 aliphatic heterocycles. The van der Waals surface area contributed by atoms with Crippen LogP contribution in [0, 0.1) is 0 Å². The third-order valence-electron chi connectivity index (χ3n) is 6.95. The van der Waals surface area contributed by atoms with Crippen LogP contribution >= 0.6 is 0 Å². The largest absolute Gasteiger partial charge is 0.392 e. The van der Waals surface area contributed by atoms with Crippen molar-refractivity contribution in [3.63, 3.8) is 0 Å². The second kappa shape index (κ2) is 11.9. The van der Waals surface area contributed by atoms with Crippen LogP contribution in [0.3, 0.4) is 0 Å². The van der Waals surface area contributed by atoms with Crippen LogP contribution in [0.4, 0.5) is 0 Å². The van der Waals surface area contributed by atoms with E-state index in [0.717, 1.165) is 41.8 Å². The fraction of sp³-hybridized carbons (Fsp3) is 0.379. The summed E-state index contributed by atoms with van der Waals surface area (Å²) >= 11 is 0. The van der Waals surface area contributed by atoms with Gasteiger partial charge < -0.3 is 25.0 Å². The van der Waals surface area contributed by atoms with Gasteiger partial charge in [-0.15, -0.1) is 0 Å². The number of likely N-dealkylation sites (tertiary alicyclic amines) is 1. The van der Waals surface area contributed by atoms with Crippen molar-refractivity contribution in [2.45, 2.75) is 50.6 Å². The standard InChI is InChI=1S/C29H33N3O5/c33-19-21-5-7-22(8-6-21)27-14-26(18-32-13-11-25(34)17-32)36-29(37-27)23-9-3-20(4-10-23)15-31-28(35)24-2-1-12-30-16-24/h1-10,12,16,25-27,29,33-34H,11,13-15,17-19H2,(H,31,35)/t25-,26-,27+,29+/m0/s1. The Hall–Kier alpha value is -3.14. The van der Waals surface area contributed by atoms with Gasteiger partial charge in [0.1, 0.15) is 0 Å². The van der Waals surface area contributed by atoms with Crippen LogP contribution in [0.5, 0.6) is 0 Å². The van der Waals surface area contributed by atoms with Gasteiger partial charge in [-0.2, -0.15) is 0 Å². The summed E-state index contributed by atoms with van der Waals surface area (Å²) in [5.74, 6) is -0.166. The zero-order chi connectivity index (χ0) is 25.6. The van der Waals surface area contributed by atoms with Crippen LogP contribution < -0.4 is 5.32 Å². The molecule has 0 spiro atoms. The topological polar surface area (TPSA) is 104 Å². The second-order valence-corrected chi connectivity index (χ2v) is 9.72. The lowest BCUT2D eigenvalue weighted by atomic mass is 9.99. The van der Waals surface area contributed by atoms with Crippen LogP contribution in [-0.4, -0.2) is 57.8 Å². The highest BCUT2D eigenvalue weighted by Crippen LogP contribution is 2.38. The summed E-state index contributed by atoms with van der Waals surface area (Å²) in [6.07, 6.45) is 3.67. The zero-order valence-electron chi connectivity index (χ0n) is 20.7. The molecule has 0 unspecified atom stereocenters. The minimum absolute atomic E-state index is 0.00644. The van der Waals surface area contributed by atoms with Crippen LogP contribution in [0.1, 0.15) is 57.8 Å². The number of hydrogen-bond donors (Lipinski definition) is 3. The van der Waals surface area contributed by atoms with Crippen molar-refractivity contribution in [1.82, 2.24) is 15.2 Å².